The molecule has 1 saturated heterocycles. The van der Waals surface area contributed by atoms with Crippen LogP contribution in [0.1, 0.15) is 29.8 Å². The number of nitrogens with one attached hydrogen (secondary N) is 1. The molecule has 1 unspecified atom stereocenters. The first-order chi connectivity index (χ1) is 14.8. The first-order valence-electron chi connectivity index (χ1n) is 9.89. The second-order valence-electron chi connectivity index (χ2n) is 7.49. The van der Waals surface area contributed by atoms with Gasteiger partial charge in [0, 0.05) is 31.7 Å². The van der Waals surface area contributed by atoms with Gasteiger partial charge in [-0.2, -0.15) is 5.10 Å². The van der Waals surface area contributed by atoms with Gasteiger partial charge in [0.05, 0.1) is 6.20 Å². The molecular weight excluding hydrogens is 424 g/mol. The Balaban J connectivity index is 1.59. The number of nitrogens with two attached hydrogens (primary N) is 2. The molecule has 3 aromatic rings. The number of nitrogens with zero attached hydrogens (tertiary/aromatic N) is 4. The molecule has 0 bridgehead atoms. The van der Waals surface area contributed by atoms with E-state index >= 15 is 0 Å². The number of benzene rings is 1. The Morgan fingerprint density at radius 3 is 2.90 bits per heavy atom. The summed E-state index contributed by atoms with van der Waals surface area (Å²) in [7, 11) is 1.80. The largest absolute Gasteiger partial charge is 0.389 e. The second-order valence-corrected chi connectivity index (χ2v) is 8.52. The van der Waals surface area contributed by atoms with E-state index in [1.54, 1.807) is 17.9 Å². The van der Waals surface area contributed by atoms with Gasteiger partial charge in [-0.1, -0.05) is 11.3 Å². The predicted molar refractivity (Wildman–Crippen MR) is 117 cm³/mol. The number of amides is 1. The van der Waals surface area contributed by atoms with E-state index < -0.39 is 17.5 Å². The Labute approximate surface area is 181 Å². The van der Waals surface area contributed by atoms with E-state index in [0.29, 0.717) is 5.69 Å². The highest BCUT2D eigenvalue weighted by atomic mass is 32.1. The van der Waals surface area contributed by atoms with E-state index in [1.165, 1.54) is 0 Å². The highest BCUT2D eigenvalue weighted by Gasteiger charge is 2.24. The van der Waals surface area contributed by atoms with E-state index in [2.05, 4.69) is 20.3 Å². The van der Waals surface area contributed by atoms with Crippen LogP contribution in [0, 0.1) is 11.6 Å². The van der Waals surface area contributed by atoms with Crippen LogP contribution in [0.15, 0.2) is 24.4 Å². The van der Waals surface area contributed by atoms with Gasteiger partial charge in [0.1, 0.15) is 27.3 Å². The highest BCUT2D eigenvalue weighted by molar-refractivity contribution is 7.19. The molecule has 1 atom stereocenters. The van der Waals surface area contributed by atoms with Crippen LogP contribution in [0.4, 0.5) is 25.3 Å². The van der Waals surface area contributed by atoms with Crippen LogP contribution in [0.3, 0.4) is 0 Å². The molecule has 1 fully saturated rings. The average Bonchev–Trinajstić information content (AvgIpc) is 3.21. The predicted octanol–water partition coefficient (Wildman–Crippen LogP) is 2.97. The minimum Gasteiger partial charge on any atom is -0.389 e. The van der Waals surface area contributed by atoms with Gasteiger partial charge in [-0.25, -0.2) is 13.8 Å². The van der Waals surface area contributed by atoms with Crippen LogP contribution in [0.2, 0.25) is 0 Å². The van der Waals surface area contributed by atoms with Crippen LogP contribution < -0.4 is 21.7 Å². The summed E-state index contributed by atoms with van der Waals surface area (Å²) >= 11 is 0.924. The van der Waals surface area contributed by atoms with Gasteiger partial charge in [-0.05, 0) is 37.5 Å². The van der Waals surface area contributed by atoms with Crippen LogP contribution in [0.25, 0.3) is 10.6 Å². The quantitative estimate of drug-likeness (QED) is 0.566. The molecule has 4 rings (SSSR count). The van der Waals surface area contributed by atoms with E-state index in [4.69, 9.17) is 11.5 Å². The third kappa shape index (κ3) is 4.37. The zero-order valence-corrected chi connectivity index (χ0v) is 17.8. The molecule has 0 saturated carbocycles. The van der Waals surface area contributed by atoms with Crippen LogP contribution in [-0.2, 0) is 7.05 Å². The van der Waals surface area contributed by atoms with Gasteiger partial charge in [-0.3, -0.25) is 9.48 Å². The normalized spacial score (nSPS) is 16.9. The Hall–Kier alpha value is -3.05. The van der Waals surface area contributed by atoms with Gasteiger partial charge in [0.25, 0.3) is 5.91 Å². The molecular formula is C20H23F2N7OS. The lowest BCUT2D eigenvalue weighted by molar-refractivity contribution is 0.102. The summed E-state index contributed by atoms with van der Waals surface area (Å²) in [5, 5.41) is 7.33. The van der Waals surface area contributed by atoms with Crippen molar-refractivity contribution in [3.05, 3.63) is 41.7 Å². The topological polar surface area (TPSA) is 115 Å². The Morgan fingerprint density at radius 2 is 2.10 bits per heavy atom. The molecule has 3 heterocycles. The molecule has 0 radical (unpaired) electrons. The molecule has 2 aromatic heterocycles. The summed E-state index contributed by atoms with van der Waals surface area (Å²) in [6, 6.07) is 3.21. The van der Waals surface area contributed by atoms with Gasteiger partial charge in [-0.15, -0.1) is 0 Å². The number of anilines is 3. The number of hydrogen-bond acceptors (Lipinski definition) is 7. The summed E-state index contributed by atoms with van der Waals surface area (Å²) in [6.45, 7) is 1.56. The van der Waals surface area contributed by atoms with Crippen molar-refractivity contribution in [2.24, 2.45) is 12.8 Å². The zero-order valence-electron chi connectivity index (χ0n) is 16.9. The fourth-order valence-corrected chi connectivity index (χ4v) is 4.53. The lowest BCUT2D eigenvalue weighted by Gasteiger charge is -2.24. The fraction of sp³-hybridized carbons (Fsp3) is 0.350. The molecule has 8 nitrogen and oxygen atoms in total. The first-order valence-corrected chi connectivity index (χ1v) is 10.7. The van der Waals surface area contributed by atoms with Crippen molar-refractivity contribution >= 4 is 33.8 Å². The summed E-state index contributed by atoms with van der Waals surface area (Å²) < 4.78 is 29.3. The second kappa shape index (κ2) is 8.60. The Kier molecular flexibility index (Phi) is 5.88. The molecule has 1 amide bonds. The summed E-state index contributed by atoms with van der Waals surface area (Å²) in [6.07, 6.45) is 4.31. The molecule has 1 aliphatic heterocycles. The van der Waals surface area contributed by atoms with Crippen molar-refractivity contribution in [1.29, 1.82) is 0 Å². The molecule has 0 aliphatic carbocycles. The first kappa shape index (κ1) is 21.2. The number of aryl methyl sites for hydroxylation is 1. The molecule has 11 heteroatoms. The van der Waals surface area contributed by atoms with Gasteiger partial charge in [0.2, 0.25) is 0 Å². The minimum atomic E-state index is -0.643. The summed E-state index contributed by atoms with van der Waals surface area (Å²) in [4.78, 5) is 19.2. The number of carbonyl (C=O) groups excluding carboxylic acids is 1. The van der Waals surface area contributed by atoms with Gasteiger partial charge < -0.3 is 21.7 Å². The van der Waals surface area contributed by atoms with Crippen LogP contribution >= 0.6 is 11.3 Å². The Bertz CT molecular complexity index is 1110. The monoisotopic (exact) mass is 447 g/mol. The third-order valence-electron chi connectivity index (χ3n) is 5.26. The maximum Gasteiger partial charge on any atom is 0.277 e. The number of carbonyl (C=O) groups is 1. The number of hydrogen-bond donors (Lipinski definition) is 3. The number of aromatic nitrogens is 3. The summed E-state index contributed by atoms with van der Waals surface area (Å²) in [5.74, 6) is -1.02. The molecule has 1 aliphatic rings. The maximum atomic E-state index is 14.1. The number of rotatable bonds is 4. The maximum absolute atomic E-state index is 14.1. The Morgan fingerprint density at radius 1 is 1.29 bits per heavy atom. The van der Waals surface area contributed by atoms with Crippen molar-refractivity contribution < 1.29 is 13.6 Å². The van der Waals surface area contributed by atoms with Crippen molar-refractivity contribution in [3.63, 3.8) is 0 Å². The van der Waals surface area contributed by atoms with Crippen LogP contribution in [0.5, 0.6) is 0 Å². The van der Waals surface area contributed by atoms with Crippen molar-refractivity contribution in [3.8, 4) is 10.6 Å². The molecule has 5 N–H and O–H groups in total. The van der Waals surface area contributed by atoms with Crippen molar-refractivity contribution in [1.82, 2.24) is 14.8 Å². The lowest BCUT2D eigenvalue weighted by atomic mass is 10.1. The van der Waals surface area contributed by atoms with Crippen LogP contribution in [-0.4, -0.2) is 39.8 Å². The summed E-state index contributed by atoms with van der Waals surface area (Å²) in [5.41, 5.74) is 12.5. The molecule has 31 heavy (non-hydrogen) atoms. The number of thiazole rings is 1. The molecule has 0 spiro atoms. The highest BCUT2D eigenvalue weighted by Crippen LogP contribution is 2.33. The lowest BCUT2D eigenvalue weighted by Crippen LogP contribution is -2.29. The molecule has 1 aromatic carbocycles. The van der Waals surface area contributed by atoms with Crippen molar-refractivity contribution in [2.75, 3.05) is 29.0 Å². The average molecular weight is 448 g/mol. The third-order valence-corrected chi connectivity index (χ3v) is 6.17. The van der Waals surface area contributed by atoms with Crippen molar-refractivity contribution in [2.45, 2.75) is 25.3 Å². The van der Waals surface area contributed by atoms with E-state index in [1.807, 2.05) is 0 Å². The fourth-order valence-electron chi connectivity index (χ4n) is 3.68. The molecule has 164 valence electrons. The minimum absolute atomic E-state index is 0.0428. The van der Waals surface area contributed by atoms with Gasteiger partial charge in [0.15, 0.2) is 11.5 Å². The smallest absolute Gasteiger partial charge is 0.277 e. The van der Waals surface area contributed by atoms with E-state index in [0.717, 1.165) is 67.7 Å². The number of nitrogen functional groups attached to an aromatic ring is 1. The standard InChI is InChI=1S/C20H23F2N7OS/c1-28-20(29-7-2-3-12(23)6-8-29)15(10-25-28)26-18(30)16-17(24)31-19(27-16)13-9-11(21)4-5-14(13)22/h4-5,9-10,12H,2-3,6-8,23-24H2,1H3,(H,26,30). The van der Waals surface area contributed by atoms with E-state index in [9.17, 15) is 13.6 Å². The zero-order chi connectivity index (χ0) is 22.1. The SMILES string of the molecule is Cn1ncc(NC(=O)c2nc(-c3cc(F)ccc3F)sc2N)c1N1CCCC(N)CC1. The van der Waals surface area contributed by atoms with Gasteiger partial charge >= 0.3 is 0 Å². The number of halogens is 2. The van der Waals surface area contributed by atoms with E-state index in [-0.39, 0.29) is 27.3 Å².